The van der Waals surface area contributed by atoms with Crippen molar-refractivity contribution >= 4 is 16.9 Å². The first-order chi connectivity index (χ1) is 16.4. The van der Waals surface area contributed by atoms with Crippen molar-refractivity contribution in [2.24, 2.45) is 7.05 Å². The van der Waals surface area contributed by atoms with Crippen molar-refractivity contribution in [1.29, 1.82) is 5.26 Å². The fourth-order valence-corrected chi connectivity index (χ4v) is 4.80. The van der Waals surface area contributed by atoms with E-state index in [0.29, 0.717) is 36.0 Å². The van der Waals surface area contributed by atoms with Gasteiger partial charge >= 0.3 is 11.9 Å². The van der Waals surface area contributed by atoms with E-state index in [1.54, 1.807) is 20.2 Å². The van der Waals surface area contributed by atoms with E-state index in [1.807, 2.05) is 29.7 Å². The lowest BCUT2D eigenvalue weighted by Crippen LogP contribution is -2.57. The maximum Gasteiger partial charge on any atom is 0.416 e. The summed E-state index contributed by atoms with van der Waals surface area (Å²) in [6.07, 6.45) is -3.06. The van der Waals surface area contributed by atoms with Crippen LogP contribution in [0.2, 0.25) is 0 Å². The van der Waals surface area contributed by atoms with Crippen LogP contribution in [-0.4, -0.2) is 49.4 Å². The van der Waals surface area contributed by atoms with Crippen LogP contribution in [0.1, 0.15) is 37.9 Å². The Bertz CT molecular complexity index is 1360. The Kier molecular flexibility index (Phi) is 6.31. The molecule has 1 aliphatic heterocycles. The summed E-state index contributed by atoms with van der Waals surface area (Å²) in [5, 5.41) is 13.5. The van der Waals surface area contributed by atoms with Crippen LogP contribution in [0.3, 0.4) is 0 Å². The van der Waals surface area contributed by atoms with Crippen LogP contribution in [0.25, 0.3) is 11.0 Å². The molecule has 8 nitrogen and oxygen atoms in total. The molecule has 1 fully saturated rings. The Morgan fingerprint density at radius 3 is 2.60 bits per heavy atom. The number of nitriles is 1. The van der Waals surface area contributed by atoms with Gasteiger partial charge in [-0.1, -0.05) is 6.07 Å². The molecule has 35 heavy (non-hydrogen) atoms. The summed E-state index contributed by atoms with van der Waals surface area (Å²) >= 11 is 0. The highest BCUT2D eigenvalue weighted by molar-refractivity contribution is 5.85. The van der Waals surface area contributed by atoms with E-state index in [0.717, 1.165) is 6.07 Å². The fraction of sp³-hybridized carbons (Fsp3) is 0.478. The molecule has 1 unspecified atom stereocenters. The first-order valence-electron chi connectivity index (χ1n) is 11.1. The molecule has 0 spiro atoms. The standard InChI is InChI=1S/C23H25F4N7O/c1-13-11-34(21-20-19(31(4)22(35)29-21)12-32(30-20)8-7-28)14(2)10-33(13)15(3)17-6-5-16(24)9-18(17)23(25,26)27/h5-6,9,12-15H,8,10-11H2,1-4H3/t13-,14+,15?/m1/s1. The number of anilines is 1. The molecule has 3 heterocycles. The quantitative estimate of drug-likeness (QED) is 0.520. The highest BCUT2D eigenvalue weighted by Gasteiger charge is 2.39. The number of aryl methyl sites for hydroxylation is 1. The maximum absolute atomic E-state index is 13.6. The van der Waals surface area contributed by atoms with Crippen molar-refractivity contribution in [3.8, 4) is 6.07 Å². The number of hydrogen-bond donors (Lipinski definition) is 0. The molecule has 12 heteroatoms. The van der Waals surface area contributed by atoms with E-state index < -0.39 is 29.3 Å². The Hall–Kier alpha value is -3.46. The maximum atomic E-state index is 13.6. The van der Waals surface area contributed by atoms with Crippen LogP contribution in [0.5, 0.6) is 0 Å². The lowest BCUT2D eigenvalue weighted by atomic mass is 9.96. The van der Waals surface area contributed by atoms with Gasteiger partial charge in [0.25, 0.3) is 0 Å². The molecule has 0 saturated carbocycles. The van der Waals surface area contributed by atoms with E-state index in [9.17, 15) is 22.4 Å². The number of benzene rings is 1. The lowest BCUT2D eigenvalue weighted by Gasteiger charge is -2.47. The number of fused-ring (bicyclic) bond motifs is 1. The summed E-state index contributed by atoms with van der Waals surface area (Å²) < 4.78 is 57.3. The van der Waals surface area contributed by atoms with Gasteiger partial charge in [-0.15, -0.1) is 0 Å². The van der Waals surface area contributed by atoms with Crippen LogP contribution in [0.4, 0.5) is 23.4 Å². The van der Waals surface area contributed by atoms with Gasteiger partial charge in [-0.05, 0) is 38.5 Å². The number of aromatic nitrogens is 4. The number of nitrogens with zero attached hydrogens (tertiary/aromatic N) is 7. The van der Waals surface area contributed by atoms with Crippen molar-refractivity contribution in [2.45, 2.75) is 51.6 Å². The minimum absolute atomic E-state index is 0.00995. The lowest BCUT2D eigenvalue weighted by molar-refractivity contribution is -0.139. The van der Waals surface area contributed by atoms with E-state index in [4.69, 9.17) is 5.26 Å². The predicted molar refractivity (Wildman–Crippen MR) is 121 cm³/mol. The number of hydrogen-bond acceptors (Lipinski definition) is 6. The van der Waals surface area contributed by atoms with Gasteiger partial charge in [-0.25, -0.2) is 9.18 Å². The largest absolute Gasteiger partial charge is 0.416 e. The predicted octanol–water partition coefficient (Wildman–Crippen LogP) is 3.47. The van der Waals surface area contributed by atoms with Gasteiger partial charge in [0.2, 0.25) is 0 Å². The SMILES string of the molecule is CC(c1ccc(F)cc1C(F)(F)F)N1C[C@H](C)N(c2nc(=O)n(C)c3cn(CC#N)nc23)C[C@H]1C. The molecular formula is C23H25F4N7O. The van der Waals surface area contributed by atoms with Crippen LogP contribution >= 0.6 is 0 Å². The Balaban J connectivity index is 1.68. The van der Waals surface area contributed by atoms with Gasteiger partial charge in [-0.2, -0.15) is 28.5 Å². The first kappa shape index (κ1) is 24.7. The third-order valence-electron chi connectivity index (χ3n) is 6.61. The molecular weight excluding hydrogens is 466 g/mol. The minimum Gasteiger partial charge on any atom is -0.349 e. The first-order valence-corrected chi connectivity index (χ1v) is 11.1. The molecule has 0 N–H and O–H groups in total. The monoisotopic (exact) mass is 491 g/mol. The average Bonchev–Trinajstić information content (AvgIpc) is 3.21. The van der Waals surface area contributed by atoms with Crippen LogP contribution in [0, 0.1) is 17.1 Å². The zero-order valence-electron chi connectivity index (χ0n) is 19.7. The number of piperazine rings is 1. The van der Waals surface area contributed by atoms with Gasteiger partial charge in [0.15, 0.2) is 11.3 Å². The average molecular weight is 491 g/mol. The van der Waals surface area contributed by atoms with Crippen LogP contribution < -0.4 is 10.6 Å². The number of halogens is 4. The summed E-state index contributed by atoms with van der Waals surface area (Å²) in [5.74, 6) is -0.555. The minimum atomic E-state index is -4.68. The van der Waals surface area contributed by atoms with Gasteiger partial charge in [0, 0.05) is 38.3 Å². The summed E-state index contributed by atoms with van der Waals surface area (Å²) in [5.41, 5.74) is -0.436. The van der Waals surface area contributed by atoms with Crippen LogP contribution in [-0.2, 0) is 19.8 Å². The zero-order valence-corrected chi connectivity index (χ0v) is 19.7. The molecule has 1 aromatic carbocycles. The molecule has 3 aromatic rings. The molecule has 1 saturated heterocycles. The highest BCUT2D eigenvalue weighted by atomic mass is 19.4. The summed E-state index contributed by atoms with van der Waals surface area (Å²) in [7, 11) is 1.58. The Morgan fingerprint density at radius 2 is 1.94 bits per heavy atom. The van der Waals surface area contributed by atoms with Gasteiger partial charge in [0.05, 0.1) is 23.3 Å². The highest BCUT2D eigenvalue weighted by Crippen LogP contribution is 2.38. The van der Waals surface area contributed by atoms with Crippen molar-refractivity contribution in [3.63, 3.8) is 0 Å². The normalized spacial score (nSPS) is 20.3. The zero-order chi connectivity index (χ0) is 25.7. The molecule has 3 atom stereocenters. The number of rotatable bonds is 4. The summed E-state index contributed by atoms with van der Waals surface area (Å²) in [4.78, 5) is 20.6. The molecule has 0 aliphatic carbocycles. The van der Waals surface area contributed by atoms with Crippen molar-refractivity contribution < 1.29 is 17.6 Å². The Morgan fingerprint density at radius 1 is 1.23 bits per heavy atom. The molecule has 186 valence electrons. The van der Waals surface area contributed by atoms with Crippen molar-refractivity contribution in [2.75, 3.05) is 18.0 Å². The molecule has 2 aromatic heterocycles. The van der Waals surface area contributed by atoms with E-state index in [-0.39, 0.29) is 24.2 Å². The van der Waals surface area contributed by atoms with Gasteiger partial charge < -0.3 is 4.90 Å². The summed E-state index contributed by atoms with van der Waals surface area (Å²) in [6, 6.07) is 3.74. The van der Waals surface area contributed by atoms with E-state index >= 15 is 0 Å². The van der Waals surface area contributed by atoms with E-state index in [1.165, 1.54) is 15.3 Å². The molecule has 1 aliphatic rings. The molecule has 0 radical (unpaired) electrons. The van der Waals surface area contributed by atoms with Crippen molar-refractivity contribution in [1.82, 2.24) is 24.2 Å². The van der Waals surface area contributed by atoms with Crippen LogP contribution in [0.15, 0.2) is 29.2 Å². The van der Waals surface area contributed by atoms with E-state index in [2.05, 4.69) is 10.1 Å². The fourth-order valence-electron chi connectivity index (χ4n) is 4.80. The molecule has 4 rings (SSSR count). The third kappa shape index (κ3) is 4.48. The third-order valence-corrected chi connectivity index (χ3v) is 6.61. The smallest absolute Gasteiger partial charge is 0.349 e. The second-order valence-corrected chi connectivity index (χ2v) is 8.95. The molecule has 0 amide bonds. The topological polar surface area (TPSA) is 83.0 Å². The Labute approximate surface area is 199 Å². The van der Waals surface area contributed by atoms with Crippen molar-refractivity contribution in [3.05, 3.63) is 51.8 Å². The summed E-state index contributed by atoms with van der Waals surface area (Å²) in [6.45, 7) is 6.25. The van der Waals surface area contributed by atoms with Gasteiger partial charge in [-0.3, -0.25) is 14.1 Å². The number of alkyl halides is 3. The molecule has 0 bridgehead atoms. The second kappa shape index (κ2) is 8.96. The second-order valence-electron chi connectivity index (χ2n) is 8.95. The van der Waals surface area contributed by atoms with Gasteiger partial charge in [0.1, 0.15) is 12.4 Å².